The summed E-state index contributed by atoms with van der Waals surface area (Å²) >= 11 is 0. The Morgan fingerprint density at radius 2 is 1.52 bits per heavy atom. The maximum absolute atomic E-state index is 10.2. The number of aryl methyl sites for hydroxylation is 1. The zero-order valence-electron chi connectivity index (χ0n) is 15.7. The van der Waals surface area contributed by atoms with E-state index >= 15 is 0 Å². The normalized spacial score (nSPS) is 11.6. The zero-order valence-corrected chi connectivity index (χ0v) is 15.7. The Kier molecular flexibility index (Phi) is 4.02. The van der Waals surface area contributed by atoms with Crippen LogP contribution in [0.4, 0.5) is 11.6 Å². The van der Waals surface area contributed by atoms with Gasteiger partial charge < -0.3 is 10.1 Å². The summed E-state index contributed by atoms with van der Waals surface area (Å²) in [5.74, 6) is 0.207. The Labute approximate surface area is 166 Å². The molecule has 0 aliphatic carbocycles. The van der Waals surface area contributed by atoms with Crippen molar-refractivity contribution in [2.24, 2.45) is 10.2 Å². The fraction of sp³-hybridized carbons (Fsp3) is 0.0435. The highest BCUT2D eigenvalue weighted by Gasteiger charge is 2.12. The van der Waals surface area contributed by atoms with Gasteiger partial charge in [-0.3, -0.25) is 0 Å². The van der Waals surface area contributed by atoms with Crippen LogP contribution in [0.3, 0.4) is 0 Å². The number of hydrogen-bond acceptors (Lipinski definition) is 5. The van der Waals surface area contributed by atoms with E-state index in [1.807, 2.05) is 60.7 Å². The quantitative estimate of drug-likeness (QED) is 0.365. The van der Waals surface area contributed by atoms with Gasteiger partial charge in [-0.15, -0.1) is 10.2 Å². The van der Waals surface area contributed by atoms with Gasteiger partial charge in [0, 0.05) is 16.3 Å². The lowest BCUT2D eigenvalue weighted by molar-refractivity contribution is 0.459. The van der Waals surface area contributed by atoms with Crippen molar-refractivity contribution in [1.82, 2.24) is 15.0 Å². The second-order valence-electron chi connectivity index (χ2n) is 6.82. The molecular formula is C23H17N5O. The van der Waals surface area contributed by atoms with Crippen LogP contribution >= 0.6 is 0 Å². The summed E-state index contributed by atoms with van der Waals surface area (Å²) in [5.41, 5.74) is 4.92. The standard InChI is InChI=1S/C23H17N5O/c1-14-10-12-15(13-11-14)20-16-6-2-5-9-19(16)25-23(26-20)28-27-21-17-7-3-4-8-18(17)24-22(21)29/h2-13,24,29H,1H3. The molecule has 140 valence electrons. The third-order valence-electron chi connectivity index (χ3n) is 4.82. The van der Waals surface area contributed by atoms with Crippen LogP contribution in [-0.2, 0) is 0 Å². The van der Waals surface area contributed by atoms with Crippen molar-refractivity contribution in [2.75, 3.05) is 0 Å². The minimum atomic E-state index is -0.0329. The zero-order chi connectivity index (χ0) is 19.8. The monoisotopic (exact) mass is 379 g/mol. The lowest BCUT2D eigenvalue weighted by Gasteiger charge is -2.07. The number of nitrogens with one attached hydrogen (secondary N) is 1. The number of H-pyrrole nitrogens is 1. The molecule has 0 spiro atoms. The summed E-state index contributed by atoms with van der Waals surface area (Å²) in [6.07, 6.45) is 0. The van der Waals surface area contributed by atoms with Gasteiger partial charge >= 0.3 is 0 Å². The number of fused-ring (bicyclic) bond motifs is 2. The van der Waals surface area contributed by atoms with Gasteiger partial charge in [0.1, 0.15) is 0 Å². The molecule has 3 aromatic carbocycles. The molecule has 0 bridgehead atoms. The predicted octanol–water partition coefficient (Wildman–Crippen LogP) is 6.21. The summed E-state index contributed by atoms with van der Waals surface area (Å²) < 4.78 is 0. The summed E-state index contributed by atoms with van der Waals surface area (Å²) in [6, 6.07) is 23.5. The van der Waals surface area contributed by atoms with Crippen LogP contribution in [-0.4, -0.2) is 20.1 Å². The molecule has 5 rings (SSSR count). The fourth-order valence-corrected chi connectivity index (χ4v) is 3.35. The molecule has 0 radical (unpaired) electrons. The fourth-order valence-electron chi connectivity index (χ4n) is 3.35. The number of aromatic hydroxyl groups is 1. The van der Waals surface area contributed by atoms with Crippen molar-refractivity contribution in [1.29, 1.82) is 0 Å². The first kappa shape index (κ1) is 17.1. The molecule has 0 atom stereocenters. The molecule has 6 heteroatoms. The number of para-hydroxylation sites is 2. The van der Waals surface area contributed by atoms with E-state index in [1.54, 1.807) is 0 Å². The van der Waals surface area contributed by atoms with Gasteiger partial charge in [0.25, 0.3) is 5.95 Å². The van der Waals surface area contributed by atoms with Gasteiger partial charge in [-0.2, -0.15) is 0 Å². The maximum atomic E-state index is 10.2. The minimum absolute atomic E-state index is 0.0329. The SMILES string of the molecule is Cc1ccc(-c2nc(N=Nc3c(O)[nH]c4ccccc34)nc3ccccc23)cc1. The van der Waals surface area contributed by atoms with Gasteiger partial charge in [-0.1, -0.05) is 66.2 Å². The molecule has 0 unspecified atom stereocenters. The van der Waals surface area contributed by atoms with Gasteiger partial charge in [-0.25, -0.2) is 9.97 Å². The van der Waals surface area contributed by atoms with E-state index in [2.05, 4.69) is 44.2 Å². The molecule has 0 saturated carbocycles. The van der Waals surface area contributed by atoms with Crippen molar-refractivity contribution in [3.8, 4) is 17.1 Å². The Balaban J connectivity index is 1.64. The first-order valence-electron chi connectivity index (χ1n) is 9.24. The largest absolute Gasteiger partial charge is 0.493 e. The molecule has 0 saturated heterocycles. The molecule has 0 amide bonds. The average molecular weight is 379 g/mol. The predicted molar refractivity (Wildman–Crippen MR) is 114 cm³/mol. The highest BCUT2D eigenvalue weighted by atomic mass is 16.3. The summed E-state index contributed by atoms with van der Waals surface area (Å²) in [7, 11) is 0. The lowest BCUT2D eigenvalue weighted by Crippen LogP contribution is -1.90. The number of nitrogens with zero attached hydrogens (tertiary/aromatic N) is 4. The minimum Gasteiger partial charge on any atom is -0.493 e. The Morgan fingerprint density at radius 1 is 0.793 bits per heavy atom. The molecule has 2 aromatic heterocycles. The van der Waals surface area contributed by atoms with E-state index in [0.717, 1.165) is 33.1 Å². The van der Waals surface area contributed by atoms with E-state index in [0.29, 0.717) is 5.69 Å². The average Bonchev–Trinajstić information content (AvgIpc) is 3.07. The lowest BCUT2D eigenvalue weighted by atomic mass is 10.1. The van der Waals surface area contributed by atoms with Crippen molar-refractivity contribution in [2.45, 2.75) is 6.92 Å². The van der Waals surface area contributed by atoms with Crippen molar-refractivity contribution in [3.63, 3.8) is 0 Å². The second kappa shape index (κ2) is 6.83. The molecule has 2 heterocycles. The van der Waals surface area contributed by atoms with Crippen LogP contribution in [0.25, 0.3) is 33.1 Å². The highest BCUT2D eigenvalue weighted by molar-refractivity contribution is 5.94. The van der Waals surface area contributed by atoms with Crippen LogP contribution in [0.2, 0.25) is 0 Å². The first-order chi connectivity index (χ1) is 14.2. The first-order valence-corrected chi connectivity index (χ1v) is 9.24. The third kappa shape index (κ3) is 3.10. The maximum Gasteiger partial charge on any atom is 0.270 e. The number of rotatable bonds is 3. The molecule has 0 aliphatic heterocycles. The van der Waals surface area contributed by atoms with Crippen LogP contribution < -0.4 is 0 Å². The van der Waals surface area contributed by atoms with Gasteiger partial charge in [-0.05, 0) is 19.1 Å². The number of aromatic nitrogens is 3. The molecule has 2 N–H and O–H groups in total. The van der Waals surface area contributed by atoms with E-state index in [1.165, 1.54) is 5.56 Å². The van der Waals surface area contributed by atoms with Crippen molar-refractivity contribution < 1.29 is 5.11 Å². The Morgan fingerprint density at radius 3 is 2.34 bits per heavy atom. The number of azo groups is 1. The molecule has 5 aromatic rings. The smallest absolute Gasteiger partial charge is 0.270 e. The second-order valence-corrected chi connectivity index (χ2v) is 6.82. The topological polar surface area (TPSA) is 86.5 Å². The van der Waals surface area contributed by atoms with Gasteiger partial charge in [0.2, 0.25) is 5.88 Å². The van der Waals surface area contributed by atoms with E-state index in [9.17, 15) is 5.11 Å². The van der Waals surface area contributed by atoms with Crippen molar-refractivity contribution in [3.05, 3.63) is 78.4 Å². The van der Waals surface area contributed by atoms with Crippen LogP contribution in [0.5, 0.6) is 5.88 Å². The van der Waals surface area contributed by atoms with E-state index in [4.69, 9.17) is 0 Å². The number of aromatic amines is 1. The van der Waals surface area contributed by atoms with E-state index < -0.39 is 0 Å². The van der Waals surface area contributed by atoms with Crippen LogP contribution in [0.15, 0.2) is 83.0 Å². The summed E-state index contributed by atoms with van der Waals surface area (Å²) in [6.45, 7) is 2.05. The number of benzene rings is 3. The summed E-state index contributed by atoms with van der Waals surface area (Å²) in [5, 5.41) is 20.4. The Hall–Kier alpha value is -4.06. The van der Waals surface area contributed by atoms with Crippen LogP contribution in [0.1, 0.15) is 5.56 Å². The van der Waals surface area contributed by atoms with Gasteiger partial charge in [0.15, 0.2) is 5.69 Å². The number of hydrogen-bond donors (Lipinski definition) is 2. The highest BCUT2D eigenvalue weighted by Crippen LogP contribution is 2.36. The Bertz CT molecular complexity index is 1370. The molecule has 0 fully saturated rings. The molecular weight excluding hydrogens is 362 g/mol. The van der Waals surface area contributed by atoms with E-state index in [-0.39, 0.29) is 11.8 Å². The van der Waals surface area contributed by atoms with Crippen LogP contribution in [0, 0.1) is 6.92 Å². The molecule has 0 aliphatic rings. The third-order valence-corrected chi connectivity index (χ3v) is 4.82. The summed E-state index contributed by atoms with van der Waals surface area (Å²) in [4.78, 5) is 12.1. The molecule has 29 heavy (non-hydrogen) atoms. The van der Waals surface area contributed by atoms with Crippen molar-refractivity contribution >= 4 is 33.4 Å². The molecule has 6 nitrogen and oxygen atoms in total. The van der Waals surface area contributed by atoms with Gasteiger partial charge in [0.05, 0.1) is 16.7 Å².